The lowest BCUT2D eigenvalue weighted by molar-refractivity contribution is 0.463. The minimum atomic E-state index is -0.273. The normalized spacial score (nSPS) is 14.8. The quantitative estimate of drug-likeness (QED) is 0.240. The Morgan fingerprint density at radius 2 is 2.03 bits per heavy atom. The zero-order valence-corrected chi connectivity index (χ0v) is 21.2. The second-order valence-corrected chi connectivity index (χ2v) is 8.44. The fourth-order valence-electron chi connectivity index (χ4n) is 3.64. The fraction of sp³-hybridized carbons (Fsp3) is 0.391. The molecular formula is C23H29FIN5OS. The van der Waals surface area contributed by atoms with Crippen molar-refractivity contribution in [3.8, 4) is 11.5 Å². The molecular weight excluding hydrogens is 540 g/mol. The van der Waals surface area contributed by atoms with Gasteiger partial charge in [0, 0.05) is 44.2 Å². The zero-order valence-electron chi connectivity index (χ0n) is 18.1. The number of nitrogens with zero attached hydrogens (tertiary/aromatic N) is 3. The molecule has 172 valence electrons. The van der Waals surface area contributed by atoms with Gasteiger partial charge in [0.1, 0.15) is 12.1 Å². The predicted octanol–water partition coefficient (Wildman–Crippen LogP) is 4.93. The van der Waals surface area contributed by atoms with Gasteiger partial charge in [-0.05, 0) is 61.5 Å². The third kappa shape index (κ3) is 6.68. The van der Waals surface area contributed by atoms with E-state index in [-0.39, 0.29) is 29.8 Å². The molecule has 0 unspecified atom stereocenters. The van der Waals surface area contributed by atoms with Crippen molar-refractivity contribution in [1.82, 2.24) is 15.6 Å². The summed E-state index contributed by atoms with van der Waals surface area (Å²) in [6.07, 6.45) is 4.51. The lowest BCUT2D eigenvalue weighted by Crippen LogP contribution is -2.48. The highest BCUT2D eigenvalue weighted by Crippen LogP contribution is 2.24. The van der Waals surface area contributed by atoms with Crippen molar-refractivity contribution in [2.45, 2.75) is 32.2 Å². The Labute approximate surface area is 209 Å². The van der Waals surface area contributed by atoms with Crippen LogP contribution in [0.1, 0.15) is 25.5 Å². The van der Waals surface area contributed by atoms with Crippen LogP contribution in [0.3, 0.4) is 0 Å². The summed E-state index contributed by atoms with van der Waals surface area (Å²) in [7, 11) is 0. The average molecular weight is 569 g/mol. The SMILES string of the molecule is CCNC(=NCCc1coc(-c2ccc(F)cc2)n1)NC1CCN(c2cccs2)CC1.I. The molecule has 0 atom stereocenters. The highest BCUT2D eigenvalue weighted by atomic mass is 127. The minimum Gasteiger partial charge on any atom is -0.444 e. The molecule has 0 amide bonds. The van der Waals surface area contributed by atoms with Gasteiger partial charge in [0.05, 0.1) is 10.7 Å². The number of hydrogen-bond donors (Lipinski definition) is 2. The van der Waals surface area contributed by atoms with Gasteiger partial charge in [0.25, 0.3) is 0 Å². The summed E-state index contributed by atoms with van der Waals surface area (Å²) in [6.45, 7) is 5.62. The van der Waals surface area contributed by atoms with Crippen molar-refractivity contribution >= 4 is 46.3 Å². The van der Waals surface area contributed by atoms with E-state index >= 15 is 0 Å². The average Bonchev–Trinajstić information content (AvgIpc) is 3.48. The molecule has 0 radical (unpaired) electrons. The van der Waals surface area contributed by atoms with Gasteiger partial charge in [0.15, 0.2) is 5.96 Å². The predicted molar refractivity (Wildman–Crippen MR) is 140 cm³/mol. The summed E-state index contributed by atoms with van der Waals surface area (Å²) >= 11 is 1.80. The second kappa shape index (κ2) is 12.2. The van der Waals surface area contributed by atoms with E-state index in [1.165, 1.54) is 17.1 Å². The van der Waals surface area contributed by atoms with E-state index in [0.29, 0.717) is 24.9 Å². The molecule has 1 fully saturated rings. The highest BCUT2D eigenvalue weighted by molar-refractivity contribution is 14.0. The summed E-state index contributed by atoms with van der Waals surface area (Å²) in [6, 6.07) is 10.9. The molecule has 3 heterocycles. The van der Waals surface area contributed by atoms with Crippen LogP contribution in [0.25, 0.3) is 11.5 Å². The first-order valence-corrected chi connectivity index (χ1v) is 11.6. The molecule has 0 saturated carbocycles. The van der Waals surface area contributed by atoms with Gasteiger partial charge in [-0.3, -0.25) is 4.99 Å². The van der Waals surface area contributed by atoms with E-state index in [4.69, 9.17) is 9.41 Å². The molecule has 3 aromatic rings. The van der Waals surface area contributed by atoms with Gasteiger partial charge in [-0.25, -0.2) is 9.37 Å². The number of piperidine rings is 1. The van der Waals surface area contributed by atoms with Crippen LogP contribution in [0.2, 0.25) is 0 Å². The first-order chi connectivity index (χ1) is 15.2. The van der Waals surface area contributed by atoms with E-state index < -0.39 is 0 Å². The molecule has 0 spiro atoms. The molecule has 0 aliphatic carbocycles. The lowest BCUT2D eigenvalue weighted by Gasteiger charge is -2.33. The zero-order chi connectivity index (χ0) is 21.5. The lowest BCUT2D eigenvalue weighted by atomic mass is 10.1. The maximum Gasteiger partial charge on any atom is 0.226 e. The molecule has 32 heavy (non-hydrogen) atoms. The molecule has 4 rings (SSSR count). The number of anilines is 1. The number of nitrogens with one attached hydrogen (secondary N) is 2. The van der Waals surface area contributed by atoms with E-state index in [1.54, 1.807) is 29.7 Å². The van der Waals surface area contributed by atoms with Crippen molar-refractivity contribution in [2.24, 2.45) is 4.99 Å². The maximum atomic E-state index is 13.1. The van der Waals surface area contributed by atoms with Crippen LogP contribution >= 0.6 is 35.3 Å². The van der Waals surface area contributed by atoms with Crippen LogP contribution in [0, 0.1) is 5.82 Å². The summed E-state index contributed by atoms with van der Waals surface area (Å²) in [5.74, 6) is 1.08. The van der Waals surface area contributed by atoms with E-state index in [9.17, 15) is 4.39 Å². The van der Waals surface area contributed by atoms with Crippen LogP contribution in [0.5, 0.6) is 0 Å². The van der Waals surface area contributed by atoms with Crippen LogP contribution in [0.4, 0.5) is 9.39 Å². The molecule has 1 aromatic carbocycles. The molecule has 2 aromatic heterocycles. The summed E-state index contributed by atoms with van der Waals surface area (Å²) in [5, 5.41) is 10.4. The van der Waals surface area contributed by atoms with Crippen LogP contribution < -0.4 is 15.5 Å². The van der Waals surface area contributed by atoms with E-state index in [1.807, 2.05) is 0 Å². The van der Waals surface area contributed by atoms with Crippen LogP contribution in [-0.2, 0) is 6.42 Å². The van der Waals surface area contributed by atoms with Crippen LogP contribution in [-0.4, -0.2) is 43.2 Å². The van der Waals surface area contributed by atoms with Crippen LogP contribution in [0.15, 0.2) is 57.5 Å². The monoisotopic (exact) mass is 569 g/mol. The number of benzene rings is 1. The largest absolute Gasteiger partial charge is 0.444 e. The molecule has 1 saturated heterocycles. The molecule has 1 aliphatic rings. The number of hydrogen-bond acceptors (Lipinski definition) is 5. The van der Waals surface area contributed by atoms with Crippen molar-refractivity contribution in [2.75, 3.05) is 31.1 Å². The van der Waals surface area contributed by atoms with Gasteiger partial charge in [-0.2, -0.15) is 0 Å². The second-order valence-electron chi connectivity index (χ2n) is 7.52. The number of guanidine groups is 1. The number of aromatic nitrogens is 1. The number of oxazole rings is 1. The van der Waals surface area contributed by atoms with E-state index in [2.05, 4.69) is 45.0 Å². The Hall–Kier alpha value is -2.14. The van der Waals surface area contributed by atoms with Crippen molar-refractivity contribution in [1.29, 1.82) is 0 Å². The molecule has 1 aliphatic heterocycles. The molecule has 9 heteroatoms. The third-order valence-corrected chi connectivity index (χ3v) is 6.21. The Morgan fingerprint density at radius 1 is 1.25 bits per heavy atom. The Bertz CT molecular complexity index is 969. The Balaban J connectivity index is 0.00000289. The van der Waals surface area contributed by atoms with Gasteiger partial charge >= 0.3 is 0 Å². The van der Waals surface area contributed by atoms with Gasteiger partial charge in [0.2, 0.25) is 5.89 Å². The smallest absolute Gasteiger partial charge is 0.226 e. The third-order valence-electron chi connectivity index (χ3n) is 5.28. The number of thiophene rings is 1. The van der Waals surface area contributed by atoms with Gasteiger partial charge in [-0.1, -0.05) is 0 Å². The van der Waals surface area contributed by atoms with E-state index in [0.717, 1.165) is 49.7 Å². The first-order valence-electron chi connectivity index (χ1n) is 10.7. The maximum absolute atomic E-state index is 13.1. The molecule has 2 N–H and O–H groups in total. The van der Waals surface area contributed by atoms with Gasteiger partial charge in [-0.15, -0.1) is 35.3 Å². The highest BCUT2D eigenvalue weighted by Gasteiger charge is 2.20. The topological polar surface area (TPSA) is 65.7 Å². The summed E-state index contributed by atoms with van der Waals surface area (Å²) in [4.78, 5) is 11.7. The van der Waals surface area contributed by atoms with Crippen molar-refractivity contribution in [3.63, 3.8) is 0 Å². The fourth-order valence-corrected chi connectivity index (χ4v) is 4.42. The summed E-state index contributed by atoms with van der Waals surface area (Å²) < 4.78 is 18.6. The van der Waals surface area contributed by atoms with Gasteiger partial charge < -0.3 is 20.0 Å². The van der Waals surface area contributed by atoms with Crippen molar-refractivity contribution < 1.29 is 8.81 Å². The number of aliphatic imine (C=N–C) groups is 1. The minimum absolute atomic E-state index is 0. The van der Waals surface area contributed by atoms with Crippen molar-refractivity contribution in [3.05, 3.63) is 59.6 Å². The Morgan fingerprint density at radius 3 is 2.72 bits per heavy atom. The standard InChI is InChI=1S/C23H28FN5OS.HI/c1-2-25-23(28-19-10-13-29(14-11-19)21-4-3-15-31-21)26-12-9-20-16-30-22(27-20)17-5-7-18(24)8-6-17;/h3-8,15-16,19H,2,9-14H2,1H3,(H2,25,26,28);1H. The number of halogens is 2. The molecule has 6 nitrogen and oxygen atoms in total. The summed E-state index contributed by atoms with van der Waals surface area (Å²) in [5.41, 5.74) is 1.60. The Kier molecular flexibility index (Phi) is 9.34. The number of rotatable bonds is 7. The first kappa shape index (κ1) is 24.5. The molecule has 0 bridgehead atoms.